The van der Waals surface area contributed by atoms with Gasteiger partial charge in [-0.1, -0.05) is 0 Å². The topological polar surface area (TPSA) is 12.9 Å². The number of hydrogen-bond donors (Lipinski definition) is 0. The van der Waals surface area contributed by atoms with Crippen molar-refractivity contribution in [3.05, 3.63) is 15.5 Å². The molecule has 50 valence electrons. The van der Waals surface area contributed by atoms with Crippen molar-refractivity contribution in [2.24, 2.45) is 0 Å². The zero-order chi connectivity index (χ0) is 6.85. The maximum absolute atomic E-state index is 11.8. The van der Waals surface area contributed by atoms with Crippen LogP contribution in [0.4, 0.5) is 8.78 Å². The Bertz CT molecular complexity index is 200. The quantitative estimate of drug-likeness (QED) is 0.700. The van der Waals surface area contributed by atoms with Crippen molar-refractivity contribution in [3.63, 3.8) is 0 Å². The lowest BCUT2D eigenvalue weighted by molar-refractivity contribution is 0.151. The summed E-state index contributed by atoms with van der Waals surface area (Å²) in [6.45, 7) is 0. The zero-order valence-electron chi connectivity index (χ0n) is 4.14. The molecule has 0 N–H and O–H groups in total. The molecule has 0 aliphatic rings. The highest BCUT2D eigenvalue weighted by Gasteiger charge is 2.12. The van der Waals surface area contributed by atoms with Crippen LogP contribution in [0.1, 0.15) is 12.0 Å². The number of nitrogens with zero attached hydrogens (tertiary/aromatic N) is 1. The van der Waals surface area contributed by atoms with E-state index in [1.165, 1.54) is 5.38 Å². The molecule has 0 atom stereocenters. The van der Waals surface area contributed by atoms with Crippen LogP contribution >= 0.6 is 27.5 Å². The average Bonchev–Trinajstić information content (AvgIpc) is 2.13. The zero-order valence-corrected chi connectivity index (χ0v) is 6.55. The summed E-state index contributed by atoms with van der Waals surface area (Å²) in [6.07, 6.45) is -2.42. The first-order valence-corrected chi connectivity index (χ1v) is 3.72. The van der Waals surface area contributed by atoms with Crippen molar-refractivity contribution in [2.75, 3.05) is 0 Å². The summed E-state index contributed by atoms with van der Waals surface area (Å²) in [7, 11) is 0. The second-order valence-electron chi connectivity index (χ2n) is 1.36. The first-order valence-electron chi connectivity index (χ1n) is 2.09. The highest BCUT2D eigenvalue weighted by Crippen LogP contribution is 2.27. The summed E-state index contributed by atoms with van der Waals surface area (Å²) in [6, 6.07) is 0. The maximum atomic E-state index is 11.8. The predicted molar refractivity (Wildman–Crippen MR) is 34.8 cm³/mol. The number of aromatic nitrogens is 1. The van der Waals surface area contributed by atoms with Crippen molar-refractivity contribution in [1.82, 2.24) is 4.37 Å². The smallest absolute Gasteiger partial charge is 0.205 e. The maximum Gasteiger partial charge on any atom is 0.267 e. The molecule has 1 nitrogen and oxygen atoms in total. The van der Waals surface area contributed by atoms with Crippen LogP contribution in [-0.4, -0.2) is 4.37 Å². The highest BCUT2D eigenvalue weighted by atomic mass is 79.9. The normalized spacial score (nSPS) is 10.7. The van der Waals surface area contributed by atoms with Crippen molar-refractivity contribution >= 4 is 27.5 Å². The number of alkyl halides is 2. The molecule has 0 unspecified atom stereocenters. The van der Waals surface area contributed by atoms with E-state index in [9.17, 15) is 8.78 Å². The van der Waals surface area contributed by atoms with E-state index in [0.717, 1.165) is 11.5 Å². The van der Waals surface area contributed by atoms with E-state index < -0.39 is 6.43 Å². The van der Waals surface area contributed by atoms with Gasteiger partial charge in [-0.25, -0.2) is 8.78 Å². The van der Waals surface area contributed by atoms with Gasteiger partial charge in [0.05, 0.1) is 5.56 Å². The fraction of sp³-hybridized carbons (Fsp3) is 0.250. The lowest BCUT2D eigenvalue weighted by atomic mass is 10.4. The van der Waals surface area contributed by atoms with E-state index in [2.05, 4.69) is 20.3 Å². The van der Waals surface area contributed by atoms with E-state index in [1.54, 1.807) is 0 Å². The molecule has 1 aromatic heterocycles. The monoisotopic (exact) mass is 213 g/mol. The van der Waals surface area contributed by atoms with Crippen LogP contribution < -0.4 is 0 Å². The van der Waals surface area contributed by atoms with Crippen molar-refractivity contribution in [3.8, 4) is 0 Å². The lowest BCUT2D eigenvalue weighted by Crippen LogP contribution is -1.79. The second-order valence-corrected chi connectivity index (χ2v) is 2.74. The molecular weight excluding hydrogens is 212 g/mol. The minimum Gasteiger partial charge on any atom is -0.205 e. The fourth-order valence-electron chi connectivity index (χ4n) is 0.372. The molecule has 0 spiro atoms. The lowest BCUT2D eigenvalue weighted by Gasteiger charge is -1.90. The Morgan fingerprint density at radius 3 is 2.56 bits per heavy atom. The molecular formula is C4H2BrF2NS. The van der Waals surface area contributed by atoms with Gasteiger partial charge in [0.2, 0.25) is 0 Å². The molecule has 1 aromatic rings. The molecule has 0 amide bonds. The molecule has 9 heavy (non-hydrogen) atoms. The van der Waals surface area contributed by atoms with E-state index in [4.69, 9.17) is 0 Å². The Morgan fingerprint density at radius 2 is 2.33 bits per heavy atom. The Hall–Kier alpha value is -0.0300. The molecule has 1 heterocycles. The molecule has 1 rings (SSSR count). The Morgan fingerprint density at radius 1 is 1.67 bits per heavy atom. The Balaban J connectivity index is 2.94. The third-order valence-electron chi connectivity index (χ3n) is 0.786. The van der Waals surface area contributed by atoms with Crippen LogP contribution in [0.3, 0.4) is 0 Å². The SMILES string of the molecule is FC(F)c1csnc1Br. The van der Waals surface area contributed by atoms with Gasteiger partial charge in [-0.05, 0) is 27.5 Å². The second kappa shape index (κ2) is 2.70. The van der Waals surface area contributed by atoms with Gasteiger partial charge >= 0.3 is 0 Å². The number of halogens is 3. The summed E-state index contributed by atoms with van der Waals surface area (Å²) < 4.78 is 27.5. The molecule has 0 saturated carbocycles. The van der Waals surface area contributed by atoms with Crippen molar-refractivity contribution < 1.29 is 8.78 Å². The highest BCUT2D eigenvalue weighted by molar-refractivity contribution is 9.10. The van der Waals surface area contributed by atoms with E-state index in [-0.39, 0.29) is 10.2 Å². The first kappa shape index (κ1) is 7.08. The molecule has 5 heteroatoms. The average molecular weight is 214 g/mol. The van der Waals surface area contributed by atoms with Crippen LogP contribution in [0.25, 0.3) is 0 Å². The van der Waals surface area contributed by atoms with Crippen molar-refractivity contribution in [2.45, 2.75) is 6.43 Å². The molecule has 0 aliphatic heterocycles. The summed E-state index contributed by atoms with van der Waals surface area (Å²) in [5, 5.41) is 1.33. The van der Waals surface area contributed by atoms with Crippen LogP contribution in [-0.2, 0) is 0 Å². The Kier molecular flexibility index (Phi) is 2.13. The van der Waals surface area contributed by atoms with E-state index in [1.807, 2.05) is 0 Å². The van der Waals surface area contributed by atoms with Crippen LogP contribution in [0.15, 0.2) is 9.98 Å². The summed E-state index contributed by atoms with van der Waals surface area (Å²) >= 11 is 3.90. The molecule has 0 bridgehead atoms. The van der Waals surface area contributed by atoms with Gasteiger partial charge in [-0.3, -0.25) is 0 Å². The van der Waals surface area contributed by atoms with E-state index in [0.29, 0.717) is 0 Å². The molecule has 0 fully saturated rings. The van der Waals surface area contributed by atoms with Gasteiger partial charge < -0.3 is 0 Å². The van der Waals surface area contributed by atoms with Gasteiger partial charge in [0.1, 0.15) is 4.60 Å². The summed E-state index contributed by atoms with van der Waals surface area (Å²) in [4.78, 5) is 0. The largest absolute Gasteiger partial charge is 0.267 e. The molecule has 0 radical (unpaired) electrons. The van der Waals surface area contributed by atoms with Crippen LogP contribution in [0.5, 0.6) is 0 Å². The van der Waals surface area contributed by atoms with Crippen LogP contribution in [0.2, 0.25) is 0 Å². The van der Waals surface area contributed by atoms with E-state index >= 15 is 0 Å². The predicted octanol–water partition coefficient (Wildman–Crippen LogP) is 2.84. The Labute approximate surface area is 63.0 Å². The first-order chi connectivity index (χ1) is 4.22. The minimum atomic E-state index is -2.42. The van der Waals surface area contributed by atoms with Gasteiger partial charge in [0.25, 0.3) is 6.43 Å². The van der Waals surface area contributed by atoms with Crippen molar-refractivity contribution in [1.29, 1.82) is 0 Å². The summed E-state index contributed by atoms with van der Waals surface area (Å²) in [5.74, 6) is 0. The number of rotatable bonds is 1. The van der Waals surface area contributed by atoms with Gasteiger partial charge in [-0.15, -0.1) is 0 Å². The van der Waals surface area contributed by atoms with Gasteiger partial charge in [-0.2, -0.15) is 4.37 Å². The van der Waals surface area contributed by atoms with Crippen LogP contribution in [0, 0.1) is 0 Å². The minimum absolute atomic E-state index is 0.0278. The summed E-state index contributed by atoms with van der Waals surface area (Å²) in [5.41, 5.74) is -0.0278. The van der Waals surface area contributed by atoms with Gasteiger partial charge in [0.15, 0.2) is 0 Å². The third kappa shape index (κ3) is 1.46. The molecule has 0 aromatic carbocycles. The third-order valence-corrected chi connectivity index (χ3v) is 2.30. The van der Waals surface area contributed by atoms with Gasteiger partial charge in [0, 0.05) is 5.38 Å². The molecule has 0 aliphatic carbocycles. The number of hydrogen-bond acceptors (Lipinski definition) is 2. The standard InChI is InChI=1S/C4H2BrF2NS/c5-3-2(4(6)7)1-9-8-3/h1,4H. The fourth-order valence-corrected chi connectivity index (χ4v) is 1.64. The molecule has 0 saturated heterocycles.